The van der Waals surface area contributed by atoms with Gasteiger partial charge in [0.15, 0.2) is 0 Å². The highest BCUT2D eigenvalue weighted by atomic mass is 16.7. The minimum absolute atomic E-state index is 0.00821. The zero-order valence-electron chi connectivity index (χ0n) is 12.8. The molecule has 0 radical (unpaired) electrons. The lowest BCUT2D eigenvalue weighted by atomic mass is 10.0. The maximum atomic E-state index is 11.6. The average molecular weight is 321 g/mol. The molecule has 0 bridgehead atoms. The molecule has 24 heavy (non-hydrogen) atoms. The van der Waals surface area contributed by atoms with Gasteiger partial charge in [0, 0.05) is 0 Å². The molecular formula is C19H15NO4. The Morgan fingerprint density at radius 2 is 1.62 bits per heavy atom. The Hall–Kier alpha value is -3.18. The number of carboxylic acid groups (broad SMARTS) is 1. The van der Waals surface area contributed by atoms with Crippen LogP contribution in [-0.4, -0.2) is 17.5 Å². The Bertz CT molecular complexity index is 877. The SMILES string of the molecule is O=CN(OCc1ccccc1)c1cc2ccccc2cc1C(=O)O. The molecule has 0 saturated heterocycles. The number of amides is 1. The van der Waals surface area contributed by atoms with E-state index in [0.29, 0.717) is 6.41 Å². The first kappa shape index (κ1) is 15.7. The first-order chi connectivity index (χ1) is 11.7. The molecule has 1 N–H and O–H groups in total. The monoisotopic (exact) mass is 321 g/mol. The summed E-state index contributed by atoms with van der Waals surface area (Å²) in [6.45, 7) is 0.158. The maximum absolute atomic E-state index is 11.6. The highest BCUT2D eigenvalue weighted by Gasteiger charge is 2.18. The van der Waals surface area contributed by atoms with Crippen molar-refractivity contribution in [1.82, 2.24) is 0 Å². The van der Waals surface area contributed by atoms with Gasteiger partial charge in [-0.15, -0.1) is 0 Å². The number of hydrogen-bond donors (Lipinski definition) is 1. The van der Waals surface area contributed by atoms with Crippen molar-refractivity contribution in [2.75, 3.05) is 5.06 Å². The number of carbonyl (C=O) groups excluding carboxylic acids is 1. The Labute approximate surface area is 138 Å². The van der Waals surface area contributed by atoms with E-state index in [2.05, 4.69) is 0 Å². The van der Waals surface area contributed by atoms with Gasteiger partial charge in [-0.2, -0.15) is 5.06 Å². The number of carbonyl (C=O) groups is 2. The third-order valence-corrected chi connectivity index (χ3v) is 3.64. The van der Waals surface area contributed by atoms with Crippen molar-refractivity contribution in [3.05, 3.63) is 77.9 Å². The standard InChI is InChI=1S/C19H15NO4/c21-13-20(24-12-14-6-2-1-3-7-14)18-11-16-9-5-4-8-15(16)10-17(18)19(22)23/h1-11,13H,12H2,(H,22,23). The third-order valence-electron chi connectivity index (χ3n) is 3.64. The van der Waals surface area contributed by atoms with Gasteiger partial charge in [-0.05, 0) is 28.5 Å². The van der Waals surface area contributed by atoms with Gasteiger partial charge in [0.25, 0.3) is 0 Å². The van der Waals surface area contributed by atoms with E-state index in [4.69, 9.17) is 4.84 Å². The number of anilines is 1. The van der Waals surface area contributed by atoms with Crippen LogP contribution < -0.4 is 5.06 Å². The smallest absolute Gasteiger partial charge is 0.337 e. The molecule has 0 aromatic heterocycles. The first-order valence-electron chi connectivity index (χ1n) is 7.36. The topological polar surface area (TPSA) is 66.8 Å². The van der Waals surface area contributed by atoms with E-state index >= 15 is 0 Å². The predicted octanol–water partition coefficient (Wildman–Crippen LogP) is 3.63. The van der Waals surface area contributed by atoms with E-state index in [0.717, 1.165) is 21.4 Å². The molecule has 3 aromatic rings. The van der Waals surface area contributed by atoms with E-state index in [1.54, 1.807) is 6.07 Å². The van der Waals surface area contributed by atoms with Crippen molar-refractivity contribution in [1.29, 1.82) is 0 Å². The molecule has 3 rings (SSSR count). The third kappa shape index (κ3) is 3.26. The molecular weight excluding hydrogens is 306 g/mol. The van der Waals surface area contributed by atoms with Crippen LogP contribution >= 0.6 is 0 Å². The van der Waals surface area contributed by atoms with E-state index in [1.165, 1.54) is 6.07 Å². The van der Waals surface area contributed by atoms with Gasteiger partial charge >= 0.3 is 5.97 Å². The van der Waals surface area contributed by atoms with Gasteiger partial charge in [-0.3, -0.25) is 9.63 Å². The van der Waals surface area contributed by atoms with Gasteiger partial charge in [0.05, 0.1) is 11.3 Å². The molecule has 0 spiro atoms. The van der Waals surface area contributed by atoms with Gasteiger partial charge in [0.1, 0.15) is 6.61 Å². The van der Waals surface area contributed by atoms with Crippen molar-refractivity contribution in [3.8, 4) is 0 Å². The minimum atomic E-state index is -1.12. The number of fused-ring (bicyclic) bond motifs is 1. The fourth-order valence-corrected chi connectivity index (χ4v) is 2.46. The lowest BCUT2D eigenvalue weighted by molar-refractivity contribution is -0.114. The van der Waals surface area contributed by atoms with Crippen LogP contribution in [0.15, 0.2) is 66.7 Å². The first-order valence-corrected chi connectivity index (χ1v) is 7.36. The minimum Gasteiger partial charge on any atom is -0.478 e. The molecule has 0 unspecified atom stereocenters. The summed E-state index contributed by atoms with van der Waals surface area (Å²) in [6, 6.07) is 19.9. The summed E-state index contributed by atoms with van der Waals surface area (Å²) in [5.41, 5.74) is 1.09. The number of hydrogen-bond acceptors (Lipinski definition) is 3. The van der Waals surface area contributed by atoms with Gasteiger partial charge in [-0.25, -0.2) is 4.79 Å². The molecule has 0 aliphatic heterocycles. The number of hydroxylamine groups is 1. The second kappa shape index (κ2) is 6.93. The van der Waals surface area contributed by atoms with Crippen molar-refractivity contribution < 1.29 is 19.5 Å². The summed E-state index contributed by atoms with van der Waals surface area (Å²) < 4.78 is 0. The molecule has 0 aliphatic carbocycles. The lowest BCUT2D eigenvalue weighted by Crippen LogP contribution is -2.23. The maximum Gasteiger partial charge on any atom is 0.337 e. The van der Waals surface area contributed by atoms with Crippen LogP contribution in [0.3, 0.4) is 0 Å². The Morgan fingerprint density at radius 3 is 2.25 bits per heavy atom. The lowest BCUT2D eigenvalue weighted by Gasteiger charge is -2.19. The Kier molecular flexibility index (Phi) is 4.54. The van der Waals surface area contributed by atoms with Crippen LogP contribution in [0.1, 0.15) is 15.9 Å². The number of aromatic carboxylic acids is 1. The fourth-order valence-electron chi connectivity index (χ4n) is 2.46. The molecule has 0 aliphatic rings. The van der Waals surface area contributed by atoms with Gasteiger partial charge in [-0.1, -0.05) is 54.6 Å². The molecule has 0 atom stereocenters. The molecule has 3 aromatic carbocycles. The zero-order valence-corrected chi connectivity index (χ0v) is 12.8. The highest BCUT2D eigenvalue weighted by Crippen LogP contribution is 2.27. The predicted molar refractivity (Wildman–Crippen MR) is 90.7 cm³/mol. The number of benzene rings is 3. The summed E-state index contributed by atoms with van der Waals surface area (Å²) >= 11 is 0. The quantitative estimate of drug-likeness (QED) is 0.556. The number of carboxylic acids is 1. The van der Waals surface area contributed by atoms with E-state index in [1.807, 2.05) is 54.6 Å². The molecule has 0 fully saturated rings. The summed E-state index contributed by atoms with van der Waals surface area (Å²) in [4.78, 5) is 28.5. The molecule has 0 heterocycles. The van der Waals surface area contributed by atoms with Crippen LogP contribution in [0.4, 0.5) is 5.69 Å². The zero-order chi connectivity index (χ0) is 16.9. The normalized spacial score (nSPS) is 10.5. The summed E-state index contributed by atoms with van der Waals surface area (Å²) in [6.07, 6.45) is 0.472. The van der Waals surface area contributed by atoms with Gasteiger partial charge < -0.3 is 5.11 Å². The molecule has 120 valence electrons. The fraction of sp³-hybridized carbons (Fsp3) is 0.0526. The average Bonchev–Trinajstić information content (AvgIpc) is 2.62. The van der Waals surface area contributed by atoms with E-state index in [-0.39, 0.29) is 17.9 Å². The van der Waals surface area contributed by atoms with Crippen LogP contribution in [0.2, 0.25) is 0 Å². The Morgan fingerprint density at radius 1 is 1.00 bits per heavy atom. The van der Waals surface area contributed by atoms with E-state index < -0.39 is 5.97 Å². The summed E-state index contributed by atoms with van der Waals surface area (Å²) in [5.74, 6) is -1.12. The molecule has 5 heteroatoms. The molecule has 0 saturated carbocycles. The highest BCUT2D eigenvalue weighted by molar-refractivity contribution is 6.02. The van der Waals surface area contributed by atoms with Crippen LogP contribution in [0.5, 0.6) is 0 Å². The van der Waals surface area contributed by atoms with Crippen LogP contribution in [-0.2, 0) is 16.2 Å². The Balaban J connectivity index is 1.96. The van der Waals surface area contributed by atoms with Crippen LogP contribution in [0, 0.1) is 0 Å². The van der Waals surface area contributed by atoms with Crippen molar-refractivity contribution >= 4 is 28.8 Å². The van der Waals surface area contributed by atoms with Crippen molar-refractivity contribution in [2.45, 2.75) is 6.61 Å². The molecule has 1 amide bonds. The second-order valence-corrected chi connectivity index (χ2v) is 5.21. The van der Waals surface area contributed by atoms with E-state index in [9.17, 15) is 14.7 Å². The van der Waals surface area contributed by atoms with Crippen LogP contribution in [0.25, 0.3) is 10.8 Å². The van der Waals surface area contributed by atoms with Crippen molar-refractivity contribution in [2.24, 2.45) is 0 Å². The summed E-state index contributed by atoms with van der Waals surface area (Å²) in [7, 11) is 0. The number of nitrogens with zero attached hydrogens (tertiary/aromatic N) is 1. The van der Waals surface area contributed by atoms with Gasteiger partial charge in [0.2, 0.25) is 6.41 Å². The summed E-state index contributed by atoms with van der Waals surface area (Å²) in [5, 5.41) is 12.0. The van der Waals surface area contributed by atoms with Crippen molar-refractivity contribution in [3.63, 3.8) is 0 Å². The largest absolute Gasteiger partial charge is 0.478 e. The number of rotatable bonds is 6. The molecule has 5 nitrogen and oxygen atoms in total. The second-order valence-electron chi connectivity index (χ2n) is 5.21.